The predicted molar refractivity (Wildman–Crippen MR) is 112 cm³/mol. The first-order chi connectivity index (χ1) is 14.6. The van der Waals surface area contributed by atoms with Crippen molar-refractivity contribution in [2.24, 2.45) is 5.92 Å². The molecule has 0 aliphatic heterocycles. The van der Waals surface area contributed by atoms with Gasteiger partial charge in [-0.25, -0.2) is 13.1 Å². The van der Waals surface area contributed by atoms with Gasteiger partial charge >= 0.3 is 6.18 Å². The summed E-state index contributed by atoms with van der Waals surface area (Å²) in [7, 11) is -2.60. The lowest BCUT2D eigenvalue weighted by atomic mass is 9.77. The summed E-state index contributed by atoms with van der Waals surface area (Å²) in [5, 5.41) is 18.2. The average Bonchev–Trinajstić information content (AvgIpc) is 2.73. The van der Waals surface area contributed by atoms with Crippen molar-refractivity contribution in [1.29, 1.82) is 0 Å². The van der Waals surface area contributed by atoms with E-state index in [0.29, 0.717) is 31.8 Å². The highest BCUT2D eigenvalue weighted by Gasteiger charge is 2.34. The second-order valence-electron chi connectivity index (χ2n) is 8.11. The molecule has 0 bridgehead atoms. The minimum absolute atomic E-state index is 0.0416. The van der Waals surface area contributed by atoms with E-state index in [1.807, 2.05) is 4.90 Å². The number of hydrogen-bond acceptors (Lipinski definition) is 5. The summed E-state index contributed by atoms with van der Waals surface area (Å²) in [4.78, 5) is 1.93. The first kappa shape index (κ1) is 26.1. The Balaban J connectivity index is 2.04. The lowest BCUT2D eigenvalue weighted by Crippen LogP contribution is -2.31. The number of aliphatic hydroxyl groups is 2. The van der Waals surface area contributed by atoms with E-state index in [1.165, 1.54) is 7.05 Å². The van der Waals surface area contributed by atoms with Crippen LogP contribution in [0.25, 0.3) is 0 Å². The van der Waals surface area contributed by atoms with Gasteiger partial charge < -0.3 is 10.2 Å². The highest BCUT2D eigenvalue weighted by molar-refractivity contribution is 7.89. The molecule has 1 fully saturated rings. The van der Waals surface area contributed by atoms with Gasteiger partial charge in [0.25, 0.3) is 0 Å². The van der Waals surface area contributed by atoms with Gasteiger partial charge in [0.2, 0.25) is 10.0 Å². The van der Waals surface area contributed by atoms with Crippen LogP contribution in [-0.2, 0) is 16.2 Å². The van der Waals surface area contributed by atoms with E-state index in [1.54, 1.807) is 0 Å². The molecule has 1 aliphatic carbocycles. The first-order valence-electron chi connectivity index (χ1n) is 10.7. The Morgan fingerprint density at radius 3 is 2.19 bits per heavy atom. The fourth-order valence-electron chi connectivity index (χ4n) is 4.38. The first-order valence-corrected chi connectivity index (χ1v) is 12.2. The number of rotatable bonds is 11. The molecule has 2 rings (SSSR count). The molecule has 0 atom stereocenters. The second kappa shape index (κ2) is 11.6. The van der Waals surface area contributed by atoms with E-state index in [4.69, 9.17) is 10.2 Å². The summed E-state index contributed by atoms with van der Waals surface area (Å²) in [5.74, 6) is 0.216. The van der Waals surface area contributed by atoms with Crippen LogP contribution in [-0.4, -0.2) is 63.4 Å². The van der Waals surface area contributed by atoms with E-state index in [0.717, 1.165) is 50.4 Å². The molecule has 0 aromatic heterocycles. The average molecular weight is 467 g/mol. The van der Waals surface area contributed by atoms with Gasteiger partial charge in [0, 0.05) is 13.1 Å². The molecule has 0 heterocycles. The Hall–Kier alpha value is -1.20. The Labute approximate surface area is 182 Å². The van der Waals surface area contributed by atoms with Crippen LogP contribution >= 0.6 is 0 Å². The summed E-state index contributed by atoms with van der Waals surface area (Å²) in [6.07, 6.45) is 0.315. The molecule has 3 N–H and O–H groups in total. The van der Waals surface area contributed by atoms with Crippen LogP contribution in [0.5, 0.6) is 0 Å². The molecule has 178 valence electrons. The Kier molecular flexibility index (Phi) is 9.75. The van der Waals surface area contributed by atoms with Crippen molar-refractivity contribution < 1.29 is 31.8 Å². The zero-order valence-corrected chi connectivity index (χ0v) is 18.7. The van der Waals surface area contributed by atoms with Crippen LogP contribution in [0, 0.1) is 5.92 Å². The quantitative estimate of drug-likeness (QED) is 0.467. The smallest absolute Gasteiger partial charge is 0.395 e. The zero-order valence-electron chi connectivity index (χ0n) is 17.9. The SMILES string of the molecule is CNS(=O)(=O)c1ccc(C(F)(F)F)cc1C1CCC(CCCN(CCO)CCO)CC1. The van der Waals surface area contributed by atoms with Gasteiger partial charge in [-0.2, -0.15) is 13.2 Å². The van der Waals surface area contributed by atoms with Gasteiger partial charge in [-0.1, -0.05) is 0 Å². The topological polar surface area (TPSA) is 89.9 Å². The van der Waals surface area contributed by atoms with Crippen LogP contribution in [0.3, 0.4) is 0 Å². The van der Waals surface area contributed by atoms with E-state index in [2.05, 4.69) is 4.72 Å². The normalized spacial score (nSPS) is 20.4. The minimum atomic E-state index is -4.52. The van der Waals surface area contributed by atoms with Crippen molar-refractivity contribution in [3.05, 3.63) is 29.3 Å². The lowest BCUT2D eigenvalue weighted by molar-refractivity contribution is -0.137. The summed E-state index contributed by atoms with van der Waals surface area (Å²) in [5.41, 5.74) is -0.577. The lowest BCUT2D eigenvalue weighted by Gasteiger charge is -2.31. The molecule has 1 saturated carbocycles. The second-order valence-corrected chi connectivity index (χ2v) is 9.96. The maximum Gasteiger partial charge on any atom is 0.416 e. The third kappa shape index (κ3) is 7.42. The molecule has 1 aromatic carbocycles. The minimum Gasteiger partial charge on any atom is -0.395 e. The number of benzene rings is 1. The Morgan fingerprint density at radius 1 is 1.06 bits per heavy atom. The number of hydrogen-bond donors (Lipinski definition) is 3. The van der Waals surface area contributed by atoms with E-state index >= 15 is 0 Å². The predicted octanol–water partition coefficient (Wildman–Crippen LogP) is 2.95. The van der Waals surface area contributed by atoms with Crippen LogP contribution < -0.4 is 4.72 Å². The van der Waals surface area contributed by atoms with Crippen LogP contribution in [0.15, 0.2) is 23.1 Å². The number of nitrogens with zero attached hydrogens (tertiary/aromatic N) is 1. The molecule has 0 unspecified atom stereocenters. The van der Waals surface area contributed by atoms with Gasteiger partial charge in [0.15, 0.2) is 0 Å². The van der Waals surface area contributed by atoms with Gasteiger partial charge in [-0.15, -0.1) is 0 Å². The highest BCUT2D eigenvalue weighted by atomic mass is 32.2. The van der Waals surface area contributed by atoms with Crippen LogP contribution in [0.2, 0.25) is 0 Å². The fraction of sp³-hybridized carbons (Fsp3) is 0.714. The highest BCUT2D eigenvalue weighted by Crippen LogP contribution is 2.41. The summed E-state index contributed by atoms with van der Waals surface area (Å²) < 4.78 is 66.6. The monoisotopic (exact) mass is 466 g/mol. The third-order valence-corrected chi connectivity index (χ3v) is 7.59. The number of nitrogens with one attached hydrogen (secondary N) is 1. The fourth-order valence-corrected chi connectivity index (χ4v) is 5.39. The summed E-state index contributed by atoms with van der Waals surface area (Å²) in [6, 6.07) is 2.88. The molecule has 1 aromatic rings. The number of aliphatic hydroxyl groups excluding tert-OH is 2. The third-order valence-electron chi connectivity index (χ3n) is 6.10. The molecule has 0 radical (unpaired) electrons. The maximum atomic E-state index is 13.2. The van der Waals surface area contributed by atoms with Crippen molar-refractivity contribution >= 4 is 10.0 Å². The number of halogens is 3. The molecule has 0 amide bonds. The van der Waals surface area contributed by atoms with Crippen molar-refractivity contribution in [2.75, 3.05) is 39.9 Å². The van der Waals surface area contributed by atoms with Gasteiger partial charge in [-0.05, 0) is 87.7 Å². The van der Waals surface area contributed by atoms with Crippen molar-refractivity contribution in [3.8, 4) is 0 Å². The van der Waals surface area contributed by atoms with E-state index < -0.39 is 21.8 Å². The van der Waals surface area contributed by atoms with Gasteiger partial charge in [0.05, 0.1) is 23.7 Å². The Morgan fingerprint density at radius 2 is 1.68 bits per heavy atom. The van der Waals surface area contributed by atoms with Crippen molar-refractivity contribution in [2.45, 2.75) is 55.5 Å². The molecule has 6 nitrogen and oxygen atoms in total. The maximum absolute atomic E-state index is 13.2. The number of alkyl halides is 3. The molecular formula is C21H33F3N2O4S. The van der Waals surface area contributed by atoms with Crippen LogP contribution in [0.4, 0.5) is 13.2 Å². The van der Waals surface area contributed by atoms with E-state index in [9.17, 15) is 21.6 Å². The molecule has 0 saturated heterocycles. The van der Waals surface area contributed by atoms with Gasteiger partial charge in [-0.3, -0.25) is 4.90 Å². The summed E-state index contributed by atoms with van der Waals surface area (Å²) >= 11 is 0. The van der Waals surface area contributed by atoms with Crippen molar-refractivity contribution in [3.63, 3.8) is 0 Å². The van der Waals surface area contributed by atoms with E-state index in [-0.39, 0.29) is 29.6 Å². The Bertz CT molecular complexity index is 788. The van der Waals surface area contributed by atoms with Crippen LogP contribution in [0.1, 0.15) is 55.6 Å². The standard InChI is InChI=1S/C21H33F3N2O4S/c1-25-31(29,30)20-9-8-18(21(22,23)24)15-19(20)17-6-4-16(5-7-17)3-2-10-26(11-13-27)12-14-28/h8-9,15-17,25,27-28H,2-7,10-14H2,1H3. The largest absolute Gasteiger partial charge is 0.416 e. The molecule has 1 aliphatic rings. The summed E-state index contributed by atoms with van der Waals surface area (Å²) in [6.45, 7) is 1.90. The van der Waals surface area contributed by atoms with Crippen molar-refractivity contribution in [1.82, 2.24) is 9.62 Å². The molecule has 0 spiro atoms. The zero-order chi connectivity index (χ0) is 23.1. The molecule has 10 heteroatoms. The molecule has 31 heavy (non-hydrogen) atoms. The van der Waals surface area contributed by atoms with Gasteiger partial charge in [0.1, 0.15) is 0 Å². The number of sulfonamides is 1. The molecular weight excluding hydrogens is 433 g/mol.